The first-order valence-electron chi connectivity index (χ1n) is 10.5. The topological polar surface area (TPSA) is 126 Å². The lowest BCUT2D eigenvalue weighted by molar-refractivity contribution is -0.734. The van der Waals surface area contributed by atoms with E-state index in [1.165, 1.54) is 24.3 Å². The second-order valence-corrected chi connectivity index (χ2v) is 8.60. The van der Waals surface area contributed by atoms with Gasteiger partial charge in [0.1, 0.15) is 23.7 Å². The van der Waals surface area contributed by atoms with Crippen molar-refractivity contribution >= 4 is 29.3 Å². The van der Waals surface area contributed by atoms with Crippen molar-refractivity contribution in [2.45, 2.75) is 31.0 Å². The molecule has 5 rings (SSSR count). The Morgan fingerprint density at radius 1 is 1.09 bits per heavy atom. The summed E-state index contributed by atoms with van der Waals surface area (Å²) in [7, 11) is 0. The van der Waals surface area contributed by atoms with Crippen molar-refractivity contribution in [3.63, 3.8) is 0 Å². The Kier molecular flexibility index (Phi) is 4.59. The molecule has 0 radical (unpaired) electrons. The number of carbonyl (C=O) groups excluding carboxylic acids is 4. The highest BCUT2D eigenvalue weighted by Gasteiger charge is 2.73. The summed E-state index contributed by atoms with van der Waals surface area (Å²) in [6.45, 7) is -0.00711. The van der Waals surface area contributed by atoms with Crippen molar-refractivity contribution in [3.05, 3.63) is 65.5 Å². The van der Waals surface area contributed by atoms with Crippen LogP contribution in [-0.2, 0) is 31.3 Å². The average molecular weight is 437 g/mol. The minimum absolute atomic E-state index is 0.00711. The lowest BCUT2D eigenvalue weighted by Gasteiger charge is -2.26. The van der Waals surface area contributed by atoms with E-state index in [0.717, 1.165) is 4.90 Å². The first kappa shape index (κ1) is 20.3. The number of amides is 4. The second kappa shape index (κ2) is 7.23. The third-order valence-corrected chi connectivity index (χ3v) is 6.85. The van der Waals surface area contributed by atoms with Crippen LogP contribution in [-0.4, -0.2) is 34.6 Å². The molecule has 4 amide bonds. The van der Waals surface area contributed by atoms with Crippen LogP contribution in [0, 0.1) is 17.7 Å². The molecule has 0 aromatic heterocycles. The van der Waals surface area contributed by atoms with Crippen LogP contribution in [0.5, 0.6) is 0 Å². The smallest absolute Gasteiger partial charge is 0.291 e. The average Bonchev–Trinajstić information content (AvgIpc) is 3.34. The highest BCUT2D eigenvalue weighted by atomic mass is 19.1. The van der Waals surface area contributed by atoms with Crippen LogP contribution in [0.3, 0.4) is 0 Å². The summed E-state index contributed by atoms with van der Waals surface area (Å²) in [5.41, 5.74) is 5.93. The van der Waals surface area contributed by atoms with Gasteiger partial charge in [-0.25, -0.2) is 4.39 Å². The van der Waals surface area contributed by atoms with Gasteiger partial charge in [-0.3, -0.25) is 24.1 Å². The van der Waals surface area contributed by atoms with Gasteiger partial charge >= 0.3 is 0 Å². The van der Waals surface area contributed by atoms with E-state index in [0.29, 0.717) is 16.8 Å². The molecule has 9 heteroatoms. The summed E-state index contributed by atoms with van der Waals surface area (Å²) < 4.78 is 13.3. The number of halogens is 1. The molecule has 0 aliphatic carbocycles. The molecule has 4 atom stereocenters. The van der Waals surface area contributed by atoms with Gasteiger partial charge < -0.3 is 16.4 Å². The van der Waals surface area contributed by atoms with Gasteiger partial charge in [-0.05, 0) is 23.8 Å². The maximum atomic E-state index is 13.6. The number of likely N-dealkylation sites (tertiary alicyclic amines) is 1. The van der Waals surface area contributed by atoms with Crippen molar-refractivity contribution in [3.8, 4) is 0 Å². The molecule has 8 nitrogen and oxygen atoms in total. The van der Waals surface area contributed by atoms with Crippen molar-refractivity contribution in [1.82, 2.24) is 4.90 Å². The number of nitrogens with zero attached hydrogens (tertiary/aromatic N) is 1. The summed E-state index contributed by atoms with van der Waals surface area (Å²) in [4.78, 5) is 52.9. The predicted molar refractivity (Wildman–Crippen MR) is 110 cm³/mol. The third kappa shape index (κ3) is 2.85. The summed E-state index contributed by atoms with van der Waals surface area (Å²) in [5.74, 6) is -3.76. The van der Waals surface area contributed by atoms with Crippen LogP contribution in [0.1, 0.15) is 24.0 Å². The molecule has 164 valence electrons. The minimum atomic E-state index is -1.28. The fourth-order valence-electron chi connectivity index (χ4n) is 5.48. The Bertz CT molecular complexity index is 1150. The van der Waals surface area contributed by atoms with Crippen LogP contribution in [0.25, 0.3) is 0 Å². The van der Waals surface area contributed by atoms with Gasteiger partial charge in [0.05, 0.1) is 12.2 Å². The molecule has 1 spiro atoms. The van der Waals surface area contributed by atoms with Gasteiger partial charge in [-0.1, -0.05) is 30.3 Å². The first-order valence-corrected chi connectivity index (χ1v) is 10.5. The standard InChI is InChI=1S/C23H21FN4O4/c24-13-7-5-12(6-8-13)11-28-20(30)18-16(9-10-17(25)29)27-23(19(18)21(28)31)14-3-1-2-4-15(14)26-22(23)32/h1-8,16,18-19,27H,9-11H2,(H2,25,29)(H,26,32)/p+1/t16-,18-,19+,23-/m1/s1. The van der Waals surface area contributed by atoms with Gasteiger partial charge in [0, 0.05) is 18.4 Å². The zero-order chi connectivity index (χ0) is 22.6. The Labute approximate surface area is 182 Å². The molecule has 2 fully saturated rings. The molecular formula is C23H22FN4O4+. The fourth-order valence-corrected chi connectivity index (χ4v) is 5.48. The number of para-hydroxylation sites is 1. The van der Waals surface area contributed by atoms with Gasteiger partial charge in [-0.2, -0.15) is 0 Å². The molecule has 3 aliphatic rings. The molecule has 0 bridgehead atoms. The number of nitrogens with two attached hydrogens (primary N) is 2. The zero-order valence-electron chi connectivity index (χ0n) is 17.1. The molecular weight excluding hydrogens is 415 g/mol. The summed E-state index contributed by atoms with van der Waals surface area (Å²) in [6, 6.07) is 12.3. The molecule has 3 heterocycles. The van der Waals surface area contributed by atoms with E-state index in [-0.39, 0.29) is 31.2 Å². The number of nitrogens with one attached hydrogen (secondary N) is 1. The summed E-state index contributed by atoms with van der Waals surface area (Å²) in [5, 5.41) is 4.62. The van der Waals surface area contributed by atoms with E-state index in [1.54, 1.807) is 29.6 Å². The summed E-state index contributed by atoms with van der Waals surface area (Å²) >= 11 is 0. The number of rotatable bonds is 5. The van der Waals surface area contributed by atoms with Crippen molar-refractivity contribution in [2.75, 3.05) is 5.32 Å². The minimum Gasteiger partial charge on any atom is -0.370 e. The molecule has 5 N–H and O–H groups in total. The lowest BCUT2D eigenvalue weighted by Crippen LogP contribution is -2.99. The number of benzene rings is 2. The number of hydrogen-bond donors (Lipinski definition) is 3. The fraction of sp³-hybridized carbons (Fsp3) is 0.304. The lowest BCUT2D eigenvalue weighted by atomic mass is 9.76. The molecule has 2 aromatic carbocycles. The van der Waals surface area contributed by atoms with Gasteiger partial charge in [-0.15, -0.1) is 0 Å². The SMILES string of the molecule is NC(=O)CC[C@H]1[NH2+][C@@]2(C(=O)Nc3ccccc32)[C@@H]2C(=O)N(Cc3ccc(F)cc3)C(=O)[C@@H]21. The van der Waals surface area contributed by atoms with Crippen LogP contribution >= 0.6 is 0 Å². The molecule has 32 heavy (non-hydrogen) atoms. The molecule has 2 aromatic rings. The van der Waals surface area contributed by atoms with E-state index < -0.39 is 41.0 Å². The maximum Gasteiger partial charge on any atom is 0.291 e. The number of anilines is 1. The molecule has 3 aliphatic heterocycles. The number of carbonyl (C=O) groups is 4. The molecule has 2 saturated heterocycles. The third-order valence-electron chi connectivity index (χ3n) is 6.85. The predicted octanol–water partition coefficient (Wildman–Crippen LogP) is -0.0144. The molecule has 0 unspecified atom stereocenters. The van der Waals surface area contributed by atoms with E-state index in [9.17, 15) is 23.6 Å². The van der Waals surface area contributed by atoms with Gasteiger partial charge in [0.25, 0.3) is 5.91 Å². The van der Waals surface area contributed by atoms with Crippen molar-refractivity contribution < 1.29 is 28.9 Å². The second-order valence-electron chi connectivity index (χ2n) is 8.60. The summed E-state index contributed by atoms with van der Waals surface area (Å²) in [6.07, 6.45) is 0.320. The normalized spacial score (nSPS) is 28.2. The largest absolute Gasteiger partial charge is 0.370 e. The Hall–Kier alpha value is -3.59. The van der Waals surface area contributed by atoms with E-state index in [2.05, 4.69) is 5.32 Å². The van der Waals surface area contributed by atoms with E-state index in [1.807, 2.05) is 0 Å². The quantitative estimate of drug-likeness (QED) is 0.569. The monoisotopic (exact) mass is 437 g/mol. The van der Waals surface area contributed by atoms with E-state index in [4.69, 9.17) is 5.73 Å². The Morgan fingerprint density at radius 2 is 1.81 bits per heavy atom. The molecule has 0 saturated carbocycles. The number of fused-ring (bicyclic) bond motifs is 4. The first-order chi connectivity index (χ1) is 15.3. The van der Waals surface area contributed by atoms with Gasteiger partial charge in [0.15, 0.2) is 0 Å². The van der Waals surface area contributed by atoms with Crippen molar-refractivity contribution in [1.29, 1.82) is 0 Å². The van der Waals surface area contributed by atoms with Gasteiger partial charge in [0.2, 0.25) is 23.3 Å². The highest BCUT2D eigenvalue weighted by molar-refractivity contribution is 6.13. The maximum absolute atomic E-state index is 13.6. The zero-order valence-corrected chi connectivity index (χ0v) is 17.1. The van der Waals surface area contributed by atoms with Crippen LogP contribution in [0.2, 0.25) is 0 Å². The number of hydrogen-bond acceptors (Lipinski definition) is 4. The number of quaternary nitrogens is 1. The highest BCUT2D eigenvalue weighted by Crippen LogP contribution is 2.49. The van der Waals surface area contributed by atoms with Crippen LogP contribution in [0.15, 0.2) is 48.5 Å². The van der Waals surface area contributed by atoms with Crippen LogP contribution < -0.4 is 16.4 Å². The number of imide groups is 1. The Morgan fingerprint density at radius 3 is 2.53 bits per heavy atom. The number of primary amides is 1. The van der Waals surface area contributed by atoms with E-state index >= 15 is 0 Å². The Balaban J connectivity index is 1.56. The van der Waals surface area contributed by atoms with Crippen molar-refractivity contribution in [2.24, 2.45) is 17.6 Å². The van der Waals surface area contributed by atoms with Crippen LogP contribution in [0.4, 0.5) is 10.1 Å².